The zero-order valence-corrected chi connectivity index (χ0v) is 18.9. The molecule has 31 heavy (non-hydrogen) atoms. The Labute approximate surface area is 184 Å². The average molecular weight is 422 g/mol. The number of carbonyl (C=O) groups is 2. The van der Waals surface area contributed by atoms with Crippen molar-refractivity contribution in [2.24, 2.45) is 0 Å². The first-order chi connectivity index (χ1) is 14.7. The minimum Gasteiger partial charge on any atom is -0.507 e. The molecule has 1 unspecified atom stereocenters. The van der Waals surface area contributed by atoms with E-state index in [4.69, 9.17) is 4.74 Å². The maximum absolute atomic E-state index is 13.0. The van der Waals surface area contributed by atoms with Gasteiger partial charge in [-0.1, -0.05) is 43.2 Å². The fourth-order valence-corrected chi connectivity index (χ4v) is 3.96. The molecule has 0 radical (unpaired) electrons. The third-order valence-electron chi connectivity index (χ3n) is 5.46. The number of carbonyl (C=O) groups excluding carboxylic acids is 2. The predicted molar refractivity (Wildman–Crippen MR) is 122 cm³/mol. The fraction of sp³-hybridized carbons (Fsp3) is 0.385. The molecule has 5 heteroatoms. The molecule has 0 aromatic heterocycles. The summed E-state index contributed by atoms with van der Waals surface area (Å²) < 4.78 is 5.78. The molecule has 1 fully saturated rings. The second-order valence-electron chi connectivity index (χ2n) is 8.41. The Morgan fingerprint density at radius 2 is 1.87 bits per heavy atom. The summed E-state index contributed by atoms with van der Waals surface area (Å²) in [5, 5.41) is 11.2. The molecular weight excluding hydrogens is 390 g/mol. The summed E-state index contributed by atoms with van der Waals surface area (Å²) in [5.74, 6) is -0.619. The van der Waals surface area contributed by atoms with E-state index >= 15 is 0 Å². The van der Waals surface area contributed by atoms with E-state index in [2.05, 4.69) is 0 Å². The zero-order chi connectivity index (χ0) is 22.7. The highest BCUT2D eigenvalue weighted by molar-refractivity contribution is 6.46. The number of hydrogen-bond acceptors (Lipinski definition) is 4. The van der Waals surface area contributed by atoms with Crippen molar-refractivity contribution in [2.75, 3.05) is 6.54 Å². The van der Waals surface area contributed by atoms with Gasteiger partial charge < -0.3 is 14.7 Å². The van der Waals surface area contributed by atoms with Crippen LogP contribution in [0, 0.1) is 13.8 Å². The number of benzene rings is 2. The summed E-state index contributed by atoms with van der Waals surface area (Å²) in [4.78, 5) is 27.5. The topological polar surface area (TPSA) is 66.8 Å². The van der Waals surface area contributed by atoms with Gasteiger partial charge in [0.1, 0.15) is 11.5 Å². The lowest BCUT2D eigenvalue weighted by Gasteiger charge is -2.25. The van der Waals surface area contributed by atoms with Gasteiger partial charge in [-0.05, 0) is 63.4 Å². The lowest BCUT2D eigenvalue weighted by molar-refractivity contribution is -0.139. The van der Waals surface area contributed by atoms with Gasteiger partial charge in [-0.3, -0.25) is 9.59 Å². The molecule has 0 aliphatic carbocycles. The summed E-state index contributed by atoms with van der Waals surface area (Å²) >= 11 is 0. The summed E-state index contributed by atoms with van der Waals surface area (Å²) in [6, 6.07) is 12.5. The molecule has 0 saturated carbocycles. The first-order valence-corrected chi connectivity index (χ1v) is 10.9. The second-order valence-corrected chi connectivity index (χ2v) is 8.41. The number of nitrogens with zero attached hydrogens (tertiary/aromatic N) is 1. The first kappa shape index (κ1) is 22.6. The molecule has 1 heterocycles. The van der Waals surface area contributed by atoms with Gasteiger partial charge in [0.2, 0.25) is 0 Å². The van der Waals surface area contributed by atoms with Crippen LogP contribution < -0.4 is 4.74 Å². The molecule has 0 bridgehead atoms. The van der Waals surface area contributed by atoms with Gasteiger partial charge in [0.05, 0.1) is 17.7 Å². The number of likely N-dealkylation sites (tertiary alicyclic amines) is 1. The molecule has 3 rings (SSSR count). The zero-order valence-electron chi connectivity index (χ0n) is 18.9. The van der Waals surface area contributed by atoms with Gasteiger partial charge in [-0.15, -0.1) is 0 Å². The third kappa shape index (κ3) is 4.66. The number of hydrogen-bond donors (Lipinski definition) is 1. The SMILES string of the molecule is CCCCN1C(=O)C(=O)/C(=C(\O)c2ccc(OC(C)C)c(C)c2)C1c1cccc(C)c1. The van der Waals surface area contributed by atoms with Crippen molar-refractivity contribution >= 4 is 17.4 Å². The van der Waals surface area contributed by atoms with Gasteiger partial charge in [0, 0.05) is 12.1 Å². The van der Waals surface area contributed by atoms with Crippen molar-refractivity contribution in [1.29, 1.82) is 0 Å². The van der Waals surface area contributed by atoms with E-state index in [1.807, 2.05) is 58.9 Å². The molecule has 2 aromatic carbocycles. The largest absolute Gasteiger partial charge is 0.507 e. The molecule has 1 N–H and O–H groups in total. The third-order valence-corrected chi connectivity index (χ3v) is 5.46. The average Bonchev–Trinajstić information content (AvgIpc) is 2.97. The molecule has 1 amide bonds. The number of aryl methyl sites for hydroxylation is 2. The first-order valence-electron chi connectivity index (χ1n) is 10.9. The molecule has 164 valence electrons. The summed E-state index contributed by atoms with van der Waals surface area (Å²) in [7, 11) is 0. The number of aliphatic hydroxyl groups is 1. The number of amides is 1. The number of Topliss-reactive ketones (excluding diaryl/α,β-unsaturated/α-hetero) is 1. The second kappa shape index (κ2) is 9.38. The summed E-state index contributed by atoms with van der Waals surface area (Å²) in [6.07, 6.45) is 1.72. The normalized spacial score (nSPS) is 18.1. The summed E-state index contributed by atoms with van der Waals surface area (Å²) in [6.45, 7) is 10.3. The van der Waals surface area contributed by atoms with Crippen LogP contribution in [0.5, 0.6) is 5.75 Å². The smallest absolute Gasteiger partial charge is 0.295 e. The van der Waals surface area contributed by atoms with Crippen molar-refractivity contribution in [3.8, 4) is 5.75 Å². The Balaban J connectivity index is 2.12. The minimum atomic E-state index is -0.639. The molecule has 1 saturated heterocycles. The monoisotopic (exact) mass is 421 g/mol. The standard InChI is InChI=1S/C26H31NO4/c1-6-7-13-27-23(19-10-8-9-17(4)14-19)22(25(29)26(27)30)24(28)20-11-12-21(18(5)15-20)31-16(2)3/h8-12,14-16,23,28H,6-7,13H2,1-5H3/b24-22-. The Morgan fingerprint density at radius 1 is 1.13 bits per heavy atom. The number of ether oxygens (including phenoxy) is 1. The Hall–Kier alpha value is -3.08. The van der Waals surface area contributed by atoms with E-state index in [1.54, 1.807) is 23.1 Å². The Bertz CT molecular complexity index is 1020. The Kier molecular flexibility index (Phi) is 6.84. The number of unbranched alkanes of at least 4 members (excludes halogenated alkanes) is 1. The van der Waals surface area contributed by atoms with Crippen LogP contribution in [0.1, 0.15) is 61.9 Å². The summed E-state index contributed by atoms with van der Waals surface area (Å²) in [5.41, 5.74) is 3.35. The highest BCUT2D eigenvalue weighted by atomic mass is 16.5. The molecule has 1 aliphatic rings. The van der Waals surface area contributed by atoms with Crippen molar-refractivity contribution in [3.05, 3.63) is 70.3 Å². The van der Waals surface area contributed by atoms with Crippen LogP contribution >= 0.6 is 0 Å². The quantitative estimate of drug-likeness (QED) is 0.374. The highest BCUT2D eigenvalue weighted by Gasteiger charge is 2.45. The van der Waals surface area contributed by atoms with E-state index in [-0.39, 0.29) is 17.4 Å². The van der Waals surface area contributed by atoms with Crippen molar-refractivity contribution < 1.29 is 19.4 Å². The van der Waals surface area contributed by atoms with Crippen LogP contribution in [-0.2, 0) is 9.59 Å². The molecular formula is C26H31NO4. The lowest BCUT2D eigenvalue weighted by Crippen LogP contribution is -2.30. The van der Waals surface area contributed by atoms with Gasteiger partial charge in [-0.2, -0.15) is 0 Å². The number of ketones is 1. The van der Waals surface area contributed by atoms with Crippen LogP contribution in [0.3, 0.4) is 0 Å². The van der Waals surface area contributed by atoms with E-state index in [9.17, 15) is 14.7 Å². The van der Waals surface area contributed by atoms with Gasteiger partial charge >= 0.3 is 0 Å². The maximum atomic E-state index is 13.0. The lowest BCUT2D eigenvalue weighted by atomic mass is 9.94. The van der Waals surface area contributed by atoms with E-state index in [1.165, 1.54) is 0 Å². The van der Waals surface area contributed by atoms with Gasteiger partial charge in [0.15, 0.2) is 0 Å². The van der Waals surface area contributed by atoms with Crippen LogP contribution in [0.15, 0.2) is 48.0 Å². The molecule has 1 atom stereocenters. The van der Waals surface area contributed by atoms with E-state index in [0.717, 1.165) is 35.3 Å². The van der Waals surface area contributed by atoms with E-state index in [0.29, 0.717) is 12.1 Å². The number of rotatable bonds is 7. The van der Waals surface area contributed by atoms with Crippen molar-refractivity contribution in [1.82, 2.24) is 4.90 Å². The molecule has 1 aliphatic heterocycles. The van der Waals surface area contributed by atoms with Crippen LogP contribution in [0.4, 0.5) is 0 Å². The van der Waals surface area contributed by atoms with Crippen molar-refractivity contribution in [2.45, 2.75) is 59.6 Å². The molecule has 0 spiro atoms. The van der Waals surface area contributed by atoms with Gasteiger partial charge in [-0.25, -0.2) is 0 Å². The van der Waals surface area contributed by atoms with Crippen LogP contribution in [0.25, 0.3) is 5.76 Å². The molecule has 2 aromatic rings. The minimum absolute atomic E-state index is 0.0309. The highest BCUT2D eigenvalue weighted by Crippen LogP contribution is 2.40. The van der Waals surface area contributed by atoms with Crippen molar-refractivity contribution in [3.63, 3.8) is 0 Å². The maximum Gasteiger partial charge on any atom is 0.295 e. The van der Waals surface area contributed by atoms with Crippen LogP contribution in [-0.4, -0.2) is 34.3 Å². The van der Waals surface area contributed by atoms with Gasteiger partial charge in [0.25, 0.3) is 11.7 Å². The molecule has 5 nitrogen and oxygen atoms in total. The fourth-order valence-electron chi connectivity index (χ4n) is 3.96. The van der Waals surface area contributed by atoms with E-state index < -0.39 is 17.7 Å². The Morgan fingerprint density at radius 3 is 2.48 bits per heavy atom. The van der Waals surface area contributed by atoms with Crippen LogP contribution in [0.2, 0.25) is 0 Å². The predicted octanol–water partition coefficient (Wildman–Crippen LogP) is 5.31. The number of aliphatic hydroxyl groups excluding tert-OH is 1.